The highest BCUT2D eigenvalue weighted by molar-refractivity contribution is 5.92. The highest BCUT2D eigenvalue weighted by atomic mass is 16.6. The maximum absolute atomic E-state index is 11.6. The number of unbranched alkanes of at least 4 members (excludes halogenated alkanes) is 1. The number of hydrogen-bond acceptors (Lipinski definition) is 8. The summed E-state index contributed by atoms with van der Waals surface area (Å²) in [6, 6.07) is 7.24. The summed E-state index contributed by atoms with van der Waals surface area (Å²) in [5.74, 6) is -0.0513. The van der Waals surface area contributed by atoms with E-state index in [1.807, 2.05) is 10.6 Å². The molecule has 1 aliphatic rings. The number of fused-ring (bicyclic) bond motifs is 1. The summed E-state index contributed by atoms with van der Waals surface area (Å²) in [6.45, 7) is 7.60. The number of carbonyl (C=O) groups is 1. The van der Waals surface area contributed by atoms with Crippen LogP contribution in [0.5, 0.6) is 6.01 Å². The van der Waals surface area contributed by atoms with Crippen LogP contribution < -0.4 is 20.5 Å². The maximum atomic E-state index is 11.6. The molecule has 3 heterocycles. The Balaban J connectivity index is 1.61. The van der Waals surface area contributed by atoms with Gasteiger partial charge in [0.2, 0.25) is 17.1 Å². The lowest BCUT2D eigenvalue weighted by atomic mass is 10.1. The molecular formula is C23H32N7O4+. The second-order valence-corrected chi connectivity index (χ2v) is 8.25. The zero-order valence-corrected chi connectivity index (χ0v) is 19.4. The Hall–Kier alpha value is -3.44. The molecule has 0 saturated carbocycles. The van der Waals surface area contributed by atoms with E-state index >= 15 is 0 Å². The largest absolute Gasteiger partial charge is 0.474 e. The molecule has 0 radical (unpaired) electrons. The first-order chi connectivity index (χ1) is 16.6. The van der Waals surface area contributed by atoms with E-state index in [1.165, 1.54) is 0 Å². The summed E-state index contributed by atoms with van der Waals surface area (Å²) in [7, 11) is 0. The second-order valence-electron chi connectivity index (χ2n) is 8.25. The molecule has 0 unspecified atom stereocenters. The van der Waals surface area contributed by atoms with Crippen molar-refractivity contribution in [1.29, 1.82) is 0 Å². The molecule has 0 bridgehead atoms. The molecule has 1 amide bonds. The van der Waals surface area contributed by atoms with E-state index in [1.54, 1.807) is 24.5 Å². The standard InChI is InChI=1S/C23H31N7O4/c1-2-3-11-34-23-27-22-19(21(30(23)32)25-7-8-28-9-12-33-13-10-28)26-16-29(22)15-17-5-4-6-18(14-17)20(24)31/h4-6,14,16,32H,2-3,7-13,15H2,1H3,(H2,24,31)/p+1. The van der Waals surface area contributed by atoms with E-state index in [0.29, 0.717) is 42.2 Å². The van der Waals surface area contributed by atoms with Crippen molar-refractivity contribution >= 4 is 22.9 Å². The molecule has 1 aliphatic heterocycles. The molecule has 34 heavy (non-hydrogen) atoms. The number of nitrogens with two attached hydrogens (primary N) is 1. The first-order valence-electron chi connectivity index (χ1n) is 11.6. The van der Waals surface area contributed by atoms with Crippen LogP contribution >= 0.6 is 0 Å². The van der Waals surface area contributed by atoms with Gasteiger partial charge in [0.15, 0.2) is 0 Å². The van der Waals surface area contributed by atoms with E-state index < -0.39 is 5.91 Å². The van der Waals surface area contributed by atoms with Crippen molar-refractivity contribution in [2.24, 2.45) is 5.73 Å². The van der Waals surface area contributed by atoms with Crippen LogP contribution in [0.3, 0.4) is 0 Å². The Labute approximate surface area is 198 Å². The van der Waals surface area contributed by atoms with Crippen LogP contribution in [0.4, 0.5) is 5.82 Å². The molecule has 1 fully saturated rings. The number of anilines is 1. The van der Waals surface area contributed by atoms with Gasteiger partial charge in [-0.2, -0.15) is 0 Å². The number of nitrogens with one attached hydrogen (secondary N) is 1. The summed E-state index contributed by atoms with van der Waals surface area (Å²) in [5.41, 5.74) is 7.84. The van der Waals surface area contributed by atoms with E-state index in [0.717, 1.165) is 56.0 Å². The van der Waals surface area contributed by atoms with Gasteiger partial charge in [-0.25, -0.2) is 4.98 Å². The quantitative estimate of drug-likeness (QED) is 0.215. The van der Waals surface area contributed by atoms with Crippen LogP contribution in [0, 0.1) is 0 Å². The molecule has 4 rings (SSSR count). The number of ether oxygens (including phenoxy) is 2. The van der Waals surface area contributed by atoms with Crippen LogP contribution in [-0.4, -0.2) is 76.5 Å². The Kier molecular flexibility index (Phi) is 7.76. The van der Waals surface area contributed by atoms with E-state index in [-0.39, 0.29) is 6.01 Å². The predicted octanol–water partition coefficient (Wildman–Crippen LogP) is 1.03. The van der Waals surface area contributed by atoms with Crippen LogP contribution in [0.2, 0.25) is 0 Å². The van der Waals surface area contributed by atoms with Gasteiger partial charge in [-0.05, 0) is 33.8 Å². The Bertz CT molecular complexity index is 1130. The highest BCUT2D eigenvalue weighted by Crippen LogP contribution is 2.21. The van der Waals surface area contributed by atoms with Gasteiger partial charge in [0.05, 0.1) is 39.2 Å². The number of primary amides is 1. The fourth-order valence-corrected chi connectivity index (χ4v) is 3.85. The lowest BCUT2D eigenvalue weighted by Gasteiger charge is -2.25. The lowest BCUT2D eigenvalue weighted by molar-refractivity contribution is -0.896. The first kappa shape index (κ1) is 23.7. The molecule has 0 spiro atoms. The number of aromatic nitrogens is 4. The van der Waals surface area contributed by atoms with Crippen molar-refractivity contribution in [1.82, 2.24) is 19.4 Å². The number of imidazole rings is 1. The molecule has 1 saturated heterocycles. The minimum absolute atomic E-state index is 0.0995. The topological polar surface area (TPSA) is 132 Å². The second kappa shape index (κ2) is 11.1. The Morgan fingerprint density at radius 1 is 1.35 bits per heavy atom. The smallest absolute Gasteiger partial charge is 0.438 e. The summed E-state index contributed by atoms with van der Waals surface area (Å²) < 4.78 is 14.0. The molecule has 182 valence electrons. The van der Waals surface area contributed by atoms with Crippen LogP contribution in [0.25, 0.3) is 11.2 Å². The van der Waals surface area contributed by atoms with Crippen molar-refractivity contribution in [2.45, 2.75) is 26.3 Å². The molecule has 0 aliphatic carbocycles. The third-order valence-corrected chi connectivity index (χ3v) is 5.75. The van der Waals surface area contributed by atoms with Gasteiger partial charge in [0.25, 0.3) is 5.82 Å². The van der Waals surface area contributed by atoms with Crippen molar-refractivity contribution in [3.05, 3.63) is 41.7 Å². The lowest BCUT2D eigenvalue weighted by Crippen LogP contribution is -2.41. The summed E-state index contributed by atoms with van der Waals surface area (Å²) in [6.07, 6.45) is 3.47. The number of benzene rings is 1. The molecule has 11 heteroatoms. The highest BCUT2D eigenvalue weighted by Gasteiger charge is 2.26. The number of morpholine rings is 1. The van der Waals surface area contributed by atoms with Crippen LogP contribution in [0.15, 0.2) is 30.6 Å². The number of rotatable bonds is 11. The molecular weight excluding hydrogens is 438 g/mol. The Morgan fingerprint density at radius 2 is 2.18 bits per heavy atom. The van der Waals surface area contributed by atoms with Crippen LogP contribution in [-0.2, 0) is 11.3 Å². The maximum Gasteiger partial charge on any atom is 0.474 e. The fraction of sp³-hybridized carbons (Fsp3) is 0.478. The molecule has 2 aromatic heterocycles. The zero-order chi connectivity index (χ0) is 23.9. The van der Waals surface area contributed by atoms with Gasteiger partial charge in [0, 0.05) is 25.2 Å². The SMILES string of the molecule is CCCCOc1nc2c(ncn2Cc2cccc(C(N)=O)c2)c(NCCN2CCOCC2)[n+]1O. The monoisotopic (exact) mass is 470 g/mol. The van der Waals surface area contributed by atoms with Crippen molar-refractivity contribution in [3.8, 4) is 6.01 Å². The Morgan fingerprint density at radius 3 is 2.94 bits per heavy atom. The number of carbonyl (C=O) groups excluding carboxylic acids is 1. The average molecular weight is 471 g/mol. The summed E-state index contributed by atoms with van der Waals surface area (Å²) >= 11 is 0. The van der Waals surface area contributed by atoms with Gasteiger partial charge < -0.3 is 20.4 Å². The zero-order valence-electron chi connectivity index (χ0n) is 19.4. The number of nitrogens with zero attached hydrogens (tertiary/aromatic N) is 5. The molecule has 1 aromatic carbocycles. The third-order valence-electron chi connectivity index (χ3n) is 5.75. The van der Waals surface area contributed by atoms with Crippen molar-refractivity contribution in [3.63, 3.8) is 0 Å². The fourth-order valence-electron chi connectivity index (χ4n) is 3.85. The van der Waals surface area contributed by atoms with Gasteiger partial charge in [-0.1, -0.05) is 25.5 Å². The minimum Gasteiger partial charge on any atom is -0.438 e. The average Bonchev–Trinajstić information content (AvgIpc) is 3.24. The van der Waals surface area contributed by atoms with Gasteiger partial charge >= 0.3 is 6.01 Å². The van der Waals surface area contributed by atoms with Crippen LogP contribution in [0.1, 0.15) is 35.7 Å². The van der Waals surface area contributed by atoms with E-state index in [9.17, 15) is 10.0 Å². The van der Waals surface area contributed by atoms with Gasteiger partial charge in [-0.15, -0.1) is 0 Å². The number of amides is 1. The van der Waals surface area contributed by atoms with Gasteiger partial charge in [-0.3, -0.25) is 19.6 Å². The molecule has 3 aromatic rings. The predicted molar refractivity (Wildman–Crippen MR) is 125 cm³/mol. The third kappa shape index (κ3) is 5.54. The number of hydrogen-bond donors (Lipinski definition) is 3. The van der Waals surface area contributed by atoms with Gasteiger partial charge in [0.1, 0.15) is 0 Å². The first-order valence-corrected chi connectivity index (χ1v) is 11.6. The summed E-state index contributed by atoms with van der Waals surface area (Å²) in [4.78, 5) is 22.9. The van der Waals surface area contributed by atoms with E-state index in [2.05, 4.69) is 27.1 Å². The summed E-state index contributed by atoms with van der Waals surface area (Å²) in [5, 5.41) is 14.2. The minimum atomic E-state index is -0.477. The van der Waals surface area contributed by atoms with E-state index in [4.69, 9.17) is 15.2 Å². The normalized spacial score (nSPS) is 14.4. The molecule has 11 nitrogen and oxygen atoms in total. The van der Waals surface area contributed by atoms with Crippen molar-refractivity contribution in [2.75, 3.05) is 51.3 Å². The molecule has 4 N–H and O–H groups in total. The molecule has 0 atom stereocenters. The van der Waals surface area contributed by atoms with Crippen molar-refractivity contribution < 1.29 is 24.2 Å².